The summed E-state index contributed by atoms with van der Waals surface area (Å²) in [5.41, 5.74) is 0.647. The van der Waals surface area contributed by atoms with Crippen LogP contribution in [0.2, 0.25) is 0 Å². The number of para-hydroxylation sites is 1. The molecule has 0 saturated carbocycles. The van der Waals surface area contributed by atoms with E-state index < -0.39 is 0 Å². The molecule has 1 aromatic heterocycles. The van der Waals surface area contributed by atoms with Crippen molar-refractivity contribution in [2.24, 2.45) is 5.92 Å². The molecule has 3 atom stereocenters. The fraction of sp³-hybridized carbons (Fsp3) is 0.529. The Morgan fingerprint density at radius 2 is 2.14 bits per heavy atom. The lowest BCUT2D eigenvalue weighted by Crippen LogP contribution is -2.41. The monoisotopic (exact) mass is 301 g/mol. The van der Waals surface area contributed by atoms with E-state index in [1.807, 2.05) is 25.1 Å². The average Bonchev–Trinajstić information content (AvgIpc) is 2.54. The van der Waals surface area contributed by atoms with Gasteiger partial charge < -0.3 is 10.1 Å². The Bertz CT molecular complexity index is 710. The molecule has 2 heterocycles. The van der Waals surface area contributed by atoms with Crippen molar-refractivity contribution in [2.75, 3.05) is 13.1 Å². The van der Waals surface area contributed by atoms with Gasteiger partial charge in [0.05, 0.1) is 23.0 Å². The molecule has 0 radical (unpaired) electrons. The van der Waals surface area contributed by atoms with E-state index in [0.29, 0.717) is 17.1 Å². The quantitative estimate of drug-likeness (QED) is 0.910. The fourth-order valence-corrected chi connectivity index (χ4v) is 3.26. The van der Waals surface area contributed by atoms with Gasteiger partial charge in [-0.2, -0.15) is 0 Å². The van der Waals surface area contributed by atoms with E-state index in [4.69, 9.17) is 0 Å². The van der Waals surface area contributed by atoms with Crippen LogP contribution in [0.15, 0.2) is 29.1 Å². The molecule has 1 aliphatic rings. The number of hydrogen-bond acceptors (Lipinski definition) is 4. The van der Waals surface area contributed by atoms with Gasteiger partial charge in [0.15, 0.2) is 0 Å². The van der Waals surface area contributed by atoms with Gasteiger partial charge in [0.1, 0.15) is 5.82 Å². The van der Waals surface area contributed by atoms with Gasteiger partial charge in [-0.25, -0.2) is 4.98 Å². The Balaban J connectivity index is 1.88. The molecule has 0 bridgehead atoms. The van der Waals surface area contributed by atoms with Crippen LogP contribution in [0.25, 0.3) is 10.9 Å². The molecule has 1 fully saturated rings. The Labute approximate surface area is 130 Å². The molecular formula is C17H23N3O2. The second-order valence-electron chi connectivity index (χ2n) is 6.28. The summed E-state index contributed by atoms with van der Waals surface area (Å²) in [6.45, 7) is 5.74. The van der Waals surface area contributed by atoms with Crippen molar-refractivity contribution in [3.05, 3.63) is 40.4 Å². The van der Waals surface area contributed by atoms with Crippen molar-refractivity contribution < 1.29 is 5.11 Å². The Morgan fingerprint density at radius 3 is 2.91 bits per heavy atom. The average molecular weight is 301 g/mol. The molecule has 5 nitrogen and oxygen atoms in total. The standard InChI is InChI=1S/C17H23N3O2/c1-11(20-9-5-6-13(10-20)12(2)21)16-18-15-8-4-3-7-14(15)17(22)19-16/h3-4,7-8,11-13,21H,5-6,9-10H2,1-2H3,(H,18,19,22). The van der Waals surface area contributed by atoms with Crippen LogP contribution in [-0.4, -0.2) is 39.2 Å². The van der Waals surface area contributed by atoms with E-state index in [9.17, 15) is 9.90 Å². The second-order valence-corrected chi connectivity index (χ2v) is 6.28. The number of rotatable bonds is 3. The summed E-state index contributed by atoms with van der Waals surface area (Å²) >= 11 is 0. The maximum Gasteiger partial charge on any atom is 0.258 e. The van der Waals surface area contributed by atoms with Gasteiger partial charge in [0, 0.05) is 6.54 Å². The number of hydrogen-bond donors (Lipinski definition) is 2. The number of H-pyrrole nitrogens is 1. The predicted molar refractivity (Wildman–Crippen MR) is 86.8 cm³/mol. The van der Waals surface area contributed by atoms with E-state index in [1.54, 1.807) is 6.07 Å². The van der Waals surface area contributed by atoms with Crippen LogP contribution >= 0.6 is 0 Å². The molecular weight excluding hydrogens is 278 g/mol. The number of benzene rings is 1. The zero-order valence-electron chi connectivity index (χ0n) is 13.1. The highest BCUT2D eigenvalue weighted by molar-refractivity contribution is 5.77. The van der Waals surface area contributed by atoms with Crippen molar-refractivity contribution in [3.8, 4) is 0 Å². The summed E-state index contributed by atoms with van der Waals surface area (Å²) in [6, 6.07) is 7.45. The summed E-state index contributed by atoms with van der Waals surface area (Å²) in [7, 11) is 0. The van der Waals surface area contributed by atoms with Crippen LogP contribution in [0, 0.1) is 5.92 Å². The Kier molecular flexibility index (Phi) is 4.27. The van der Waals surface area contributed by atoms with Crippen LogP contribution in [0.3, 0.4) is 0 Å². The van der Waals surface area contributed by atoms with Crippen molar-refractivity contribution >= 4 is 10.9 Å². The molecule has 1 aliphatic heterocycles. The second kappa shape index (κ2) is 6.18. The maximum absolute atomic E-state index is 12.2. The number of aromatic nitrogens is 2. The first-order valence-corrected chi connectivity index (χ1v) is 7.97. The van der Waals surface area contributed by atoms with E-state index in [1.165, 1.54) is 0 Å². The molecule has 118 valence electrons. The SMILES string of the molecule is CC(O)C1CCCN(C(C)c2nc3ccccc3c(=O)[nH]2)C1. The lowest BCUT2D eigenvalue weighted by molar-refractivity contribution is 0.0455. The van der Waals surface area contributed by atoms with Gasteiger partial charge in [-0.1, -0.05) is 12.1 Å². The third-order valence-corrected chi connectivity index (χ3v) is 4.75. The first-order valence-electron chi connectivity index (χ1n) is 7.97. The van der Waals surface area contributed by atoms with Gasteiger partial charge in [0.25, 0.3) is 5.56 Å². The molecule has 5 heteroatoms. The number of nitrogens with zero attached hydrogens (tertiary/aromatic N) is 2. The van der Waals surface area contributed by atoms with Crippen LogP contribution in [0.1, 0.15) is 38.6 Å². The maximum atomic E-state index is 12.2. The van der Waals surface area contributed by atoms with Gasteiger partial charge in [-0.15, -0.1) is 0 Å². The molecule has 0 spiro atoms. The van der Waals surface area contributed by atoms with Crippen LogP contribution in [0.5, 0.6) is 0 Å². The number of nitrogens with one attached hydrogen (secondary N) is 1. The molecule has 1 saturated heterocycles. The lowest BCUT2D eigenvalue weighted by atomic mass is 9.92. The first-order chi connectivity index (χ1) is 10.6. The van der Waals surface area contributed by atoms with Crippen LogP contribution < -0.4 is 5.56 Å². The van der Waals surface area contributed by atoms with E-state index >= 15 is 0 Å². The minimum absolute atomic E-state index is 0.0406. The summed E-state index contributed by atoms with van der Waals surface area (Å²) in [5, 5.41) is 10.5. The molecule has 0 amide bonds. The highest BCUT2D eigenvalue weighted by atomic mass is 16.3. The summed E-state index contributed by atoms with van der Waals surface area (Å²) < 4.78 is 0. The Hall–Kier alpha value is -1.72. The van der Waals surface area contributed by atoms with Crippen molar-refractivity contribution in [1.29, 1.82) is 0 Å². The number of aliphatic hydroxyl groups is 1. The molecule has 2 N–H and O–H groups in total. The highest BCUT2D eigenvalue weighted by Crippen LogP contribution is 2.26. The molecule has 22 heavy (non-hydrogen) atoms. The van der Waals surface area contributed by atoms with Crippen molar-refractivity contribution in [1.82, 2.24) is 14.9 Å². The molecule has 1 aromatic carbocycles. The van der Waals surface area contributed by atoms with Gasteiger partial charge >= 0.3 is 0 Å². The summed E-state index contributed by atoms with van der Waals surface area (Å²) in [5.74, 6) is 0.998. The van der Waals surface area contributed by atoms with Gasteiger partial charge in [-0.05, 0) is 51.3 Å². The zero-order chi connectivity index (χ0) is 15.7. The van der Waals surface area contributed by atoms with Crippen molar-refractivity contribution in [3.63, 3.8) is 0 Å². The topological polar surface area (TPSA) is 69.2 Å². The summed E-state index contributed by atoms with van der Waals surface area (Å²) in [4.78, 5) is 22.0. The molecule has 2 aromatic rings. The van der Waals surface area contributed by atoms with E-state index in [0.717, 1.165) is 31.4 Å². The van der Waals surface area contributed by atoms with Crippen LogP contribution in [0.4, 0.5) is 0 Å². The number of fused-ring (bicyclic) bond motifs is 1. The van der Waals surface area contributed by atoms with Gasteiger partial charge in [0.2, 0.25) is 0 Å². The third kappa shape index (κ3) is 2.91. The zero-order valence-corrected chi connectivity index (χ0v) is 13.1. The highest BCUT2D eigenvalue weighted by Gasteiger charge is 2.28. The lowest BCUT2D eigenvalue weighted by Gasteiger charge is -2.37. The largest absolute Gasteiger partial charge is 0.393 e. The number of likely N-dealkylation sites (tertiary alicyclic amines) is 1. The van der Waals surface area contributed by atoms with E-state index in [2.05, 4.69) is 21.8 Å². The van der Waals surface area contributed by atoms with E-state index in [-0.39, 0.29) is 17.7 Å². The minimum atomic E-state index is -0.293. The normalized spacial score (nSPS) is 22.6. The number of aliphatic hydroxyl groups excluding tert-OH is 1. The molecule has 0 aliphatic carbocycles. The smallest absolute Gasteiger partial charge is 0.258 e. The van der Waals surface area contributed by atoms with Crippen molar-refractivity contribution in [2.45, 2.75) is 38.8 Å². The first kappa shape index (κ1) is 15.2. The molecule has 3 rings (SSSR count). The minimum Gasteiger partial charge on any atom is -0.393 e. The number of piperidine rings is 1. The third-order valence-electron chi connectivity index (χ3n) is 4.75. The fourth-order valence-electron chi connectivity index (χ4n) is 3.26. The van der Waals surface area contributed by atoms with Gasteiger partial charge in [-0.3, -0.25) is 9.69 Å². The Morgan fingerprint density at radius 1 is 1.36 bits per heavy atom. The van der Waals surface area contributed by atoms with Crippen LogP contribution in [-0.2, 0) is 0 Å². The number of aromatic amines is 1. The predicted octanol–water partition coefficient (Wildman–Crippen LogP) is 2.08. The molecule has 3 unspecified atom stereocenters. The summed E-state index contributed by atoms with van der Waals surface area (Å²) in [6.07, 6.45) is 1.83.